The molecule has 0 aliphatic carbocycles. The van der Waals surface area contributed by atoms with Crippen LogP contribution in [0.4, 0.5) is 5.69 Å². The third-order valence-corrected chi connectivity index (χ3v) is 1.71. The van der Waals surface area contributed by atoms with Crippen molar-refractivity contribution in [3.63, 3.8) is 0 Å². The smallest absolute Gasteiger partial charge is 0.168 e. The van der Waals surface area contributed by atoms with Crippen LogP contribution < -0.4 is 15.8 Å². The molecule has 1 aromatic rings. The molecule has 0 fully saturated rings. The minimum atomic E-state index is 0.255. The lowest BCUT2D eigenvalue weighted by molar-refractivity contribution is 0.353. The maximum atomic E-state index is 5.44. The van der Waals surface area contributed by atoms with Gasteiger partial charge in [-0.1, -0.05) is 6.58 Å². The second-order valence-electron chi connectivity index (χ2n) is 3.26. The van der Waals surface area contributed by atoms with E-state index in [1.165, 1.54) is 0 Å². The fourth-order valence-electron chi connectivity index (χ4n) is 0.983. The molecule has 0 amide bonds. The van der Waals surface area contributed by atoms with Crippen molar-refractivity contribution in [2.24, 2.45) is 5.73 Å². The van der Waals surface area contributed by atoms with Gasteiger partial charge in [-0.15, -0.1) is 0 Å². The van der Waals surface area contributed by atoms with E-state index in [0.29, 0.717) is 6.61 Å². The number of ether oxygens (including phenoxy) is 1. The fourth-order valence-corrected chi connectivity index (χ4v) is 1.10. The number of nitrogens with one attached hydrogen (secondary N) is 1. The van der Waals surface area contributed by atoms with E-state index in [1.54, 1.807) is 0 Å². The lowest BCUT2D eigenvalue weighted by Crippen LogP contribution is -2.18. The lowest BCUT2D eigenvalue weighted by Gasteiger charge is -2.07. The summed E-state index contributed by atoms with van der Waals surface area (Å²) >= 11 is 4.72. The molecule has 0 unspecified atom stereocenters. The molecule has 3 N–H and O–H groups in total. The van der Waals surface area contributed by atoms with Gasteiger partial charge in [0.2, 0.25) is 0 Å². The maximum absolute atomic E-state index is 5.44. The van der Waals surface area contributed by atoms with Gasteiger partial charge in [-0.25, -0.2) is 0 Å². The summed E-state index contributed by atoms with van der Waals surface area (Å²) in [6.45, 7) is 6.21. The Morgan fingerprint density at radius 2 is 2.07 bits per heavy atom. The minimum absolute atomic E-state index is 0.255. The van der Waals surface area contributed by atoms with Crippen LogP contribution in [0.3, 0.4) is 0 Å². The van der Waals surface area contributed by atoms with E-state index < -0.39 is 0 Å². The molecular formula is C11H14N2OS. The summed E-state index contributed by atoms with van der Waals surface area (Å²) in [5, 5.41) is 3.09. The molecule has 0 spiro atoms. The molecule has 0 aliphatic rings. The van der Waals surface area contributed by atoms with Gasteiger partial charge in [0.15, 0.2) is 5.11 Å². The molecule has 0 radical (unpaired) electrons. The molecule has 4 heteroatoms. The Morgan fingerprint density at radius 1 is 1.47 bits per heavy atom. The third-order valence-electron chi connectivity index (χ3n) is 1.61. The molecule has 1 rings (SSSR count). The van der Waals surface area contributed by atoms with Crippen LogP contribution in [0.15, 0.2) is 36.4 Å². The first kappa shape index (κ1) is 11.5. The molecule has 0 aliphatic heterocycles. The van der Waals surface area contributed by atoms with Crippen LogP contribution in [-0.4, -0.2) is 11.7 Å². The fraction of sp³-hybridized carbons (Fsp3) is 0.182. The van der Waals surface area contributed by atoms with Gasteiger partial charge in [-0.2, -0.15) is 0 Å². The van der Waals surface area contributed by atoms with Gasteiger partial charge in [0, 0.05) is 5.69 Å². The minimum Gasteiger partial charge on any atom is -0.489 e. The normalized spacial score (nSPS) is 9.40. The highest BCUT2D eigenvalue weighted by atomic mass is 32.1. The molecule has 3 nitrogen and oxygen atoms in total. The summed E-state index contributed by atoms with van der Waals surface area (Å²) in [6, 6.07) is 7.41. The molecule has 0 bridgehead atoms. The Labute approximate surface area is 94.9 Å². The number of hydrogen-bond donors (Lipinski definition) is 2. The van der Waals surface area contributed by atoms with Gasteiger partial charge in [-0.05, 0) is 49.0 Å². The number of nitrogens with two attached hydrogens (primary N) is 1. The Hall–Kier alpha value is -1.55. The van der Waals surface area contributed by atoms with Crippen molar-refractivity contribution in [3.8, 4) is 5.75 Å². The SMILES string of the molecule is C=C(C)COc1ccc(NC(N)=S)cc1. The van der Waals surface area contributed by atoms with Gasteiger partial charge < -0.3 is 15.8 Å². The topological polar surface area (TPSA) is 47.3 Å². The highest BCUT2D eigenvalue weighted by molar-refractivity contribution is 7.80. The van der Waals surface area contributed by atoms with E-state index in [2.05, 4.69) is 11.9 Å². The summed E-state index contributed by atoms with van der Waals surface area (Å²) in [5.74, 6) is 0.798. The summed E-state index contributed by atoms with van der Waals surface area (Å²) in [7, 11) is 0. The zero-order valence-corrected chi connectivity index (χ0v) is 9.43. The Bertz CT molecular complexity index is 359. The van der Waals surface area contributed by atoms with Crippen LogP contribution in [0, 0.1) is 0 Å². The molecule has 0 heterocycles. The zero-order valence-electron chi connectivity index (χ0n) is 8.62. The number of hydrogen-bond acceptors (Lipinski definition) is 2. The van der Waals surface area contributed by atoms with E-state index in [0.717, 1.165) is 17.0 Å². The van der Waals surface area contributed by atoms with E-state index >= 15 is 0 Å². The van der Waals surface area contributed by atoms with Crippen LogP contribution in [0.25, 0.3) is 0 Å². The van der Waals surface area contributed by atoms with Crippen molar-refractivity contribution in [3.05, 3.63) is 36.4 Å². The highest BCUT2D eigenvalue weighted by Gasteiger charge is 1.95. The van der Waals surface area contributed by atoms with E-state index in [1.807, 2.05) is 31.2 Å². The first-order valence-corrected chi connectivity index (χ1v) is 4.92. The summed E-state index contributed by atoms with van der Waals surface area (Å²) < 4.78 is 5.44. The van der Waals surface area contributed by atoms with Gasteiger partial charge in [0.25, 0.3) is 0 Å². The average Bonchev–Trinajstić information content (AvgIpc) is 2.16. The maximum Gasteiger partial charge on any atom is 0.168 e. The molecule has 15 heavy (non-hydrogen) atoms. The standard InChI is InChI=1S/C11H14N2OS/c1-8(2)7-14-10-5-3-9(4-6-10)13-11(12)15/h3-6H,1,7H2,2H3,(H3,12,13,15). The predicted molar refractivity (Wildman–Crippen MR) is 67.2 cm³/mol. The van der Waals surface area contributed by atoms with Crippen LogP contribution >= 0.6 is 12.2 Å². The molecule has 0 atom stereocenters. The third kappa shape index (κ3) is 4.46. The number of thiocarbonyl (C=S) groups is 1. The van der Waals surface area contributed by atoms with Crippen LogP contribution in [-0.2, 0) is 0 Å². The number of rotatable bonds is 4. The predicted octanol–water partition coefficient (Wildman–Crippen LogP) is 2.30. The summed E-state index contributed by atoms with van der Waals surface area (Å²) in [6.07, 6.45) is 0. The zero-order chi connectivity index (χ0) is 11.3. The van der Waals surface area contributed by atoms with Crippen molar-refractivity contribution in [2.45, 2.75) is 6.92 Å². The van der Waals surface area contributed by atoms with E-state index in [4.69, 9.17) is 22.7 Å². The quantitative estimate of drug-likeness (QED) is 0.606. The highest BCUT2D eigenvalue weighted by Crippen LogP contribution is 2.15. The second kappa shape index (κ2) is 5.36. The van der Waals surface area contributed by atoms with Crippen molar-refractivity contribution in [1.82, 2.24) is 0 Å². The van der Waals surface area contributed by atoms with Gasteiger partial charge in [0.1, 0.15) is 12.4 Å². The Balaban J connectivity index is 2.56. The van der Waals surface area contributed by atoms with Crippen LogP contribution in [0.2, 0.25) is 0 Å². The number of anilines is 1. The van der Waals surface area contributed by atoms with E-state index in [9.17, 15) is 0 Å². The van der Waals surface area contributed by atoms with Crippen molar-refractivity contribution < 1.29 is 4.74 Å². The van der Waals surface area contributed by atoms with Crippen molar-refractivity contribution >= 4 is 23.0 Å². The first-order valence-electron chi connectivity index (χ1n) is 4.51. The lowest BCUT2D eigenvalue weighted by atomic mass is 10.3. The van der Waals surface area contributed by atoms with Gasteiger partial charge >= 0.3 is 0 Å². The van der Waals surface area contributed by atoms with Gasteiger partial charge in [-0.3, -0.25) is 0 Å². The first-order chi connectivity index (χ1) is 7.08. The molecule has 0 saturated carbocycles. The monoisotopic (exact) mass is 222 g/mol. The molecule has 1 aromatic carbocycles. The second-order valence-corrected chi connectivity index (χ2v) is 3.70. The summed E-state index contributed by atoms with van der Waals surface area (Å²) in [5.41, 5.74) is 7.18. The Kier molecular flexibility index (Phi) is 4.12. The molecular weight excluding hydrogens is 208 g/mol. The van der Waals surface area contributed by atoms with Gasteiger partial charge in [0.05, 0.1) is 0 Å². The molecule has 0 aromatic heterocycles. The Morgan fingerprint density at radius 3 is 2.53 bits per heavy atom. The number of benzene rings is 1. The summed E-state index contributed by atoms with van der Waals surface area (Å²) in [4.78, 5) is 0. The van der Waals surface area contributed by atoms with Crippen LogP contribution in [0.5, 0.6) is 5.75 Å². The molecule has 80 valence electrons. The largest absolute Gasteiger partial charge is 0.489 e. The van der Waals surface area contributed by atoms with Crippen molar-refractivity contribution in [1.29, 1.82) is 0 Å². The van der Waals surface area contributed by atoms with Crippen molar-refractivity contribution in [2.75, 3.05) is 11.9 Å². The van der Waals surface area contributed by atoms with Crippen LogP contribution in [0.1, 0.15) is 6.92 Å². The average molecular weight is 222 g/mol. The van der Waals surface area contributed by atoms with E-state index in [-0.39, 0.29) is 5.11 Å². The molecule has 0 saturated heterocycles.